The first-order valence-electron chi connectivity index (χ1n) is 4.06. The maximum atomic E-state index is 12.7. The molecule has 2 nitrogen and oxygen atoms in total. The van der Waals surface area contributed by atoms with E-state index in [9.17, 15) is 17.3 Å². The summed E-state index contributed by atoms with van der Waals surface area (Å²) in [7, 11) is 1.26. The number of hydrogen-bond donors (Lipinski definition) is 0. The zero-order valence-corrected chi connectivity index (χ0v) is 12.0. The summed E-state index contributed by atoms with van der Waals surface area (Å²) >= 11 is 0. The summed E-state index contributed by atoms with van der Waals surface area (Å²) in [5.74, 6) is -1.34. The van der Waals surface area contributed by atoms with Crippen LogP contribution < -0.4 is 61.6 Å². The summed E-state index contributed by atoms with van der Waals surface area (Å²) in [5.41, 5.74) is -0.964. The Morgan fingerprint density at radius 2 is 1.88 bits per heavy atom. The van der Waals surface area contributed by atoms with E-state index in [0.717, 1.165) is 6.07 Å². The third-order valence-electron chi connectivity index (χ3n) is 1.66. The monoisotopic (exact) mass is 262 g/mol. The van der Waals surface area contributed by atoms with E-state index in [0.29, 0.717) is 12.1 Å². The van der Waals surface area contributed by atoms with Crippen molar-refractivity contribution in [2.24, 2.45) is 0 Å². The topological polar surface area (TPSA) is 18.5 Å². The fourth-order valence-corrected chi connectivity index (χ4v) is 1.03. The second-order valence-corrected chi connectivity index (χ2v) is 2.81. The number of methoxy groups -OCH3 is 1. The molecule has 0 N–H and O–H groups in total. The first-order valence-corrected chi connectivity index (χ1v) is 4.06. The second-order valence-electron chi connectivity index (χ2n) is 2.81. The number of rotatable bonds is 4. The van der Waals surface area contributed by atoms with Crippen LogP contribution in [0.2, 0.25) is 0 Å². The SMILES string of the molecule is COCOc1cc(F)ccc1[B-](F)(F)F.[K+]. The van der Waals surface area contributed by atoms with Gasteiger partial charge in [0.2, 0.25) is 0 Å². The van der Waals surface area contributed by atoms with Crippen molar-refractivity contribution in [2.45, 2.75) is 0 Å². The van der Waals surface area contributed by atoms with Gasteiger partial charge in [-0.05, 0) is 6.07 Å². The summed E-state index contributed by atoms with van der Waals surface area (Å²) in [5, 5.41) is 0. The molecular formula is C8H8BF4KO2. The minimum atomic E-state index is -5.21. The molecule has 0 aliphatic rings. The van der Waals surface area contributed by atoms with Crippen molar-refractivity contribution in [3.63, 3.8) is 0 Å². The molecule has 0 radical (unpaired) electrons. The molecule has 0 amide bonds. The molecule has 0 unspecified atom stereocenters. The Morgan fingerprint density at radius 3 is 2.38 bits per heavy atom. The number of ether oxygens (including phenoxy) is 2. The normalized spacial score (nSPS) is 10.8. The Labute approximate surface area is 133 Å². The minimum absolute atomic E-state index is 0. The molecule has 0 bridgehead atoms. The van der Waals surface area contributed by atoms with Crippen molar-refractivity contribution in [1.29, 1.82) is 0 Å². The van der Waals surface area contributed by atoms with Crippen LogP contribution in [0, 0.1) is 5.82 Å². The molecule has 8 heteroatoms. The Morgan fingerprint density at radius 1 is 1.25 bits per heavy atom. The van der Waals surface area contributed by atoms with Gasteiger partial charge < -0.3 is 22.4 Å². The Kier molecular flexibility index (Phi) is 7.15. The van der Waals surface area contributed by atoms with E-state index in [2.05, 4.69) is 9.47 Å². The van der Waals surface area contributed by atoms with Crippen molar-refractivity contribution in [1.82, 2.24) is 0 Å². The molecule has 0 saturated heterocycles. The van der Waals surface area contributed by atoms with Crippen LogP contribution in [-0.2, 0) is 4.74 Å². The van der Waals surface area contributed by atoms with Crippen molar-refractivity contribution in [3.05, 3.63) is 24.0 Å². The predicted molar refractivity (Wildman–Crippen MR) is 47.6 cm³/mol. The summed E-state index contributed by atoms with van der Waals surface area (Å²) in [6.07, 6.45) is 0. The number of benzene rings is 1. The van der Waals surface area contributed by atoms with Crippen molar-refractivity contribution in [3.8, 4) is 5.75 Å². The van der Waals surface area contributed by atoms with Gasteiger partial charge in [-0.25, -0.2) is 4.39 Å². The van der Waals surface area contributed by atoms with E-state index >= 15 is 0 Å². The second kappa shape index (κ2) is 6.97. The minimum Gasteiger partial charge on any atom is -0.470 e. The number of hydrogen-bond acceptors (Lipinski definition) is 2. The van der Waals surface area contributed by atoms with Gasteiger partial charge in [0.15, 0.2) is 6.79 Å². The Balaban J connectivity index is 0.00000225. The van der Waals surface area contributed by atoms with Gasteiger partial charge >= 0.3 is 58.4 Å². The van der Waals surface area contributed by atoms with Crippen LogP contribution in [0.3, 0.4) is 0 Å². The van der Waals surface area contributed by atoms with Crippen LogP contribution in [0.15, 0.2) is 18.2 Å². The molecule has 0 aliphatic carbocycles. The van der Waals surface area contributed by atoms with Crippen LogP contribution in [0.5, 0.6) is 5.75 Å². The maximum absolute atomic E-state index is 12.7. The summed E-state index contributed by atoms with van der Waals surface area (Å²) in [4.78, 5) is 0. The number of halogens is 4. The molecule has 0 saturated carbocycles. The van der Waals surface area contributed by atoms with E-state index in [1.807, 2.05) is 0 Å². The van der Waals surface area contributed by atoms with Gasteiger partial charge in [0.1, 0.15) is 5.82 Å². The first-order chi connectivity index (χ1) is 6.95. The quantitative estimate of drug-likeness (QED) is 0.388. The molecule has 0 fully saturated rings. The summed E-state index contributed by atoms with van der Waals surface area (Å²) in [6, 6.07) is 2.08. The van der Waals surface area contributed by atoms with Crippen molar-refractivity contribution in [2.75, 3.05) is 13.9 Å². The average molecular weight is 262 g/mol. The molecule has 1 aromatic rings. The Hall–Kier alpha value is 0.401. The zero-order valence-electron chi connectivity index (χ0n) is 8.84. The van der Waals surface area contributed by atoms with E-state index in [4.69, 9.17) is 0 Å². The molecule has 1 aromatic carbocycles. The molecule has 0 atom stereocenters. The third-order valence-corrected chi connectivity index (χ3v) is 1.66. The van der Waals surface area contributed by atoms with Crippen LogP contribution in [0.4, 0.5) is 17.3 Å². The van der Waals surface area contributed by atoms with Crippen LogP contribution in [0.25, 0.3) is 0 Å². The van der Waals surface area contributed by atoms with Gasteiger partial charge in [-0.15, -0.1) is 0 Å². The van der Waals surface area contributed by atoms with Crippen LogP contribution >= 0.6 is 0 Å². The molecular weight excluding hydrogens is 254 g/mol. The molecule has 0 aliphatic heterocycles. The maximum Gasteiger partial charge on any atom is 1.00 e. The van der Waals surface area contributed by atoms with E-state index in [1.165, 1.54) is 7.11 Å². The van der Waals surface area contributed by atoms with Crippen LogP contribution in [0.1, 0.15) is 0 Å². The summed E-state index contributed by atoms with van der Waals surface area (Å²) < 4.78 is 59.0. The third kappa shape index (κ3) is 4.72. The average Bonchev–Trinajstić information content (AvgIpc) is 2.12. The summed E-state index contributed by atoms with van der Waals surface area (Å²) in [6.45, 7) is -5.57. The van der Waals surface area contributed by atoms with Crippen molar-refractivity contribution >= 4 is 12.4 Å². The molecule has 1 rings (SSSR count). The molecule has 16 heavy (non-hydrogen) atoms. The molecule has 84 valence electrons. The van der Waals surface area contributed by atoms with E-state index in [1.54, 1.807) is 0 Å². The van der Waals surface area contributed by atoms with Crippen molar-refractivity contribution < 1.29 is 78.2 Å². The first kappa shape index (κ1) is 16.4. The van der Waals surface area contributed by atoms with Gasteiger partial charge in [0.25, 0.3) is 0 Å². The van der Waals surface area contributed by atoms with Gasteiger partial charge in [-0.3, -0.25) is 0 Å². The fourth-order valence-electron chi connectivity index (χ4n) is 1.03. The van der Waals surface area contributed by atoms with Crippen LogP contribution in [-0.4, -0.2) is 20.9 Å². The smallest absolute Gasteiger partial charge is 0.470 e. The zero-order chi connectivity index (χ0) is 11.5. The predicted octanol–water partition coefficient (Wildman–Crippen LogP) is -1.13. The van der Waals surface area contributed by atoms with Gasteiger partial charge in [0, 0.05) is 13.2 Å². The standard InChI is InChI=1S/C8H8BF4O2.K/c1-14-5-15-8-4-6(10)2-3-7(8)9(11,12)13;/h2-4H,5H2,1H3;/q-1;+1. The fraction of sp³-hybridized carbons (Fsp3) is 0.250. The molecule has 0 aromatic heterocycles. The van der Waals surface area contributed by atoms with Gasteiger partial charge in [0.05, 0.1) is 5.75 Å². The molecule has 0 heterocycles. The van der Waals surface area contributed by atoms with E-state index in [-0.39, 0.29) is 58.2 Å². The Bertz CT molecular complexity index is 345. The van der Waals surface area contributed by atoms with Gasteiger partial charge in [-0.2, -0.15) is 0 Å². The molecule has 0 spiro atoms. The van der Waals surface area contributed by atoms with E-state index < -0.39 is 24.0 Å². The van der Waals surface area contributed by atoms with Gasteiger partial charge in [-0.1, -0.05) is 11.5 Å². The largest absolute Gasteiger partial charge is 1.00 e.